The van der Waals surface area contributed by atoms with Gasteiger partial charge in [0, 0.05) is 30.2 Å². The zero-order valence-corrected chi connectivity index (χ0v) is 18.8. The normalized spacial score (nSPS) is 10.5. The third-order valence-electron chi connectivity index (χ3n) is 4.93. The fourth-order valence-corrected chi connectivity index (χ4v) is 3.26. The van der Waals surface area contributed by atoms with Gasteiger partial charge in [0.1, 0.15) is 29.6 Å². The van der Waals surface area contributed by atoms with Gasteiger partial charge in [0.15, 0.2) is 5.76 Å². The molecule has 0 radical (unpaired) electrons. The highest BCUT2D eigenvalue weighted by Crippen LogP contribution is 2.21. The first-order chi connectivity index (χ1) is 16.6. The molecule has 0 aliphatic heterocycles. The third kappa shape index (κ3) is 5.44. The maximum absolute atomic E-state index is 12.6. The zero-order chi connectivity index (χ0) is 23.9. The average Bonchev–Trinajstić information content (AvgIpc) is 3.53. The van der Waals surface area contributed by atoms with Crippen LogP contribution in [0.25, 0.3) is 0 Å². The maximum Gasteiger partial charge on any atom is 0.291 e. The van der Waals surface area contributed by atoms with E-state index in [2.05, 4.69) is 15.7 Å². The molecule has 4 aromatic rings. The molecule has 0 fully saturated rings. The van der Waals surface area contributed by atoms with Crippen molar-refractivity contribution in [1.82, 2.24) is 9.78 Å². The van der Waals surface area contributed by atoms with Crippen molar-refractivity contribution in [2.75, 3.05) is 17.7 Å². The lowest BCUT2D eigenvalue weighted by Crippen LogP contribution is -2.17. The lowest BCUT2D eigenvalue weighted by atomic mass is 10.2. The molecule has 0 atom stereocenters. The van der Waals surface area contributed by atoms with Crippen LogP contribution in [0.15, 0.2) is 77.3 Å². The van der Waals surface area contributed by atoms with Crippen LogP contribution in [0.1, 0.15) is 33.7 Å². The number of nitrogens with one attached hydrogen (secondary N) is 2. The summed E-state index contributed by atoms with van der Waals surface area (Å²) in [6.07, 6.45) is 1.58. The minimum absolute atomic E-state index is 0.144. The Morgan fingerprint density at radius 3 is 2.44 bits per heavy atom. The van der Waals surface area contributed by atoms with E-state index in [0.717, 1.165) is 0 Å². The summed E-state index contributed by atoms with van der Waals surface area (Å²) in [7, 11) is 1.59. The molecule has 0 unspecified atom stereocenters. The molecule has 0 saturated carbocycles. The number of amides is 2. The van der Waals surface area contributed by atoms with Crippen molar-refractivity contribution in [3.63, 3.8) is 0 Å². The number of carbonyl (C=O) groups is 2. The molecule has 0 saturated heterocycles. The minimum atomic E-state index is -0.417. The Morgan fingerprint density at radius 1 is 0.941 bits per heavy atom. The Balaban J connectivity index is 1.36. The van der Waals surface area contributed by atoms with E-state index in [4.69, 9.17) is 13.9 Å². The van der Waals surface area contributed by atoms with Gasteiger partial charge in [-0.25, -0.2) is 0 Å². The summed E-state index contributed by atoms with van der Waals surface area (Å²) in [5.74, 6) is 1.26. The van der Waals surface area contributed by atoms with Crippen molar-refractivity contribution in [2.45, 2.75) is 20.1 Å². The highest BCUT2D eigenvalue weighted by atomic mass is 16.5. The van der Waals surface area contributed by atoms with Gasteiger partial charge in [-0.2, -0.15) is 5.10 Å². The van der Waals surface area contributed by atoms with E-state index in [1.807, 2.05) is 19.1 Å². The number of furan rings is 1. The Bertz CT molecular complexity index is 1290. The van der Waals surface area contributed by atoms with Crippen molar-refractivity contribution in [3.05, 3.63) is 90.1 Å². The summed E-state index contributed by atoms with van der Waals surface area (Å²) >= 11 is 0. The number of rotatable bonds is 9. The van der Waals surface area contributed by atoms with E-state index in [-0.39, 0.29) is 18.3 Å². The lowest BCUT2D eigenvalue weighted by Gasteiger charge is -2.09. The zero-order valence-electron chi connectivity index (χ0n) is 18.8. The van der Waals surface area contributed by atoms with E-state index in [9.17, 15) is 9.59 Å². The Hall–Kier alpha value is -4.53. The van der Waals surface area contributed by atoms with Gasteiger partial charge in [-0.3, -0.25) is 14.3 Å². The van der Waals surface area contributed by atoms with Crippen molar-refractivity contribution < 1.29 is 23.5 Å². The van der Waals surface area contributed by atoms with Crippen LogP contribution in [0.2, 0.25) is 0 Å². The van der Waals surface area contributed by atoms with Gasteiger partial charge in [-0.15, -0.1) is 0 Å². The Labute approximate surface area is 196 Å². The summed E-state index contributed by atoms with van der Waals surface area (Å²) in [6, 6.07) is 19.0. The first kappa shape index (κ1) is 22.7. The quantitative estimate of drug-likeness (QED) is 0.378. The van der Waals surface area contributed by atoms with Crippen LogP contribution in [0.5, 0.6) is 11.5 Å². The molecule has 0 spiro atoms. The SMILES string of the molecule is CCn1nccc1C(=O)Nc1cccc(NC(=O)c2ccc(COc3cccc(OC)c3)o2)c1. The van der Waals surface area contributed by atoms with Crippen molar-refractivity contribution in [1.29, 1.82) is 0 Å². The van der Waals surface area contributed by atoms with Crippen LogP contribution in [0, 0.1) is 0 Å². The second-order valence-electron chi connectivity index (χ2n) is 7.25. The monoisotopic (exact) mass is 460 g/mol. The van der Waals surface area contributed by atoms with Crippen LogP contribution < -0.4 is 20.1 Å². The second-order valence-corrected chi connectivity index (χ2v) is 7.25. The summed E-state index contributed by atoms with van der Waals surface area (Å²) in [5, 5.41) is 9.69. The highest BCUT2D eigenvalue weighted by Gasteiger charge is 2.14. The van der Waals surface area contributed by atoms with Gasteiger partial charge in [-0.05, 0) is 55.5 Å². The number of aryl methyl sites for hydroxylation is 1. The molecule has 2 amide bonds. The van der Waals surface area contributed by atoms with E-state index in [1.165, 1.54) is 0 Å². The lowest BCUT2D eigenvalue weighted by molar-refractivity contribution is 0.0990. The topological polar surface area (TPSA) is 108 Å². The number of aromatic nitrogens is 2. The van der Waals surface area contributed by atoms with Gasteiger partial charge >= 0.3 is 0 Å². The van der Waals surface area contributed by atoms with E-state index in [0.29, 0.717) is 40.9 Å². The number of carbonyl (C=O) groups excluding carboxylic acids is 2. The molecule has 0 aliphatic carbocycles. The molecular weight excluding hydrogens is 436 g/mol. The third-order valence-corrected chi connectivity index (χ3v) is 4.93. The maximum atomic E-state index is 12.6. The predicted octanol–water partition coefficient (Wildman–Crippen LogP) is 4.59. The molecule has 0 bridgehead atoms. The fraction of sp³-hybridized carbons (Fsp3) is 0.160. The van der Waals surface area contributed by atoms with E-state index in [1.54, 1.807) is 72.6 Å². The van der Waals surface area contributed by atoms with Crippen LogP contribution >= 0.6 is 0 Å². The Kier molecular flexibility index (Phi) is 6.92. The number of hydrogen-bond donors (Lipinski definition) is 2. The molecule has 2 N–H and O–H groups in total. The largest absolute Gasteiger partial charge is 0.497 e. The molecule has 0 aliphatic rings. The molecule has 2 heterocycles. The summed E-state index contributed by atoms with van der Waals surface area (Å²) in [4.78, 5) is 25.1. The van der Waals surface area contributed by atoms with Crippen LogP contribution in [-0.2, 0) is 13.2 Å². The molecule has 34 heavy (non-hydrogen) atoms. The number of methoxy groups -OCH3 is 1. The molecule has 2 aromatic heterocycles. The molecular formula is C25H24N4O5. The molecule has 9 heteroatoms. The number of hydrogen-bond acceptors (Lipinski definition) is 6. The molecule has 2 aromatic carbocycles. The number of benzene rings is 2. The highest BCUT2D eigenvalue weighted by molar-refractivity contribution is 6.05. The van der Waals surface area contributed by atoms with Gasteiger partial charge < -0.3 is 24.5 Å². The molecule has 9 nitrogen and oxygen atoms in total. The number of anilines is 2. The average molecular weight is 460 g/mol. The van der Waals surface area contributed by atoms with E-state index < -0.39 is 5.91 Å². The minimum Gasteiger partial charge on any atom is -0.497 e. The summed E-state index contributed by atoms with van der Waals surface area (Å²) in [6.45, 7) is 2.66. The van der Waals surface area contributed by atoms with Crippen LogP contribution in [-0.4, -0.2) is 28.7 Å². The van der Waals surface area contributed by atoms with Crippen LogP contribution in [0.3, 0.4) is 0 Å². The van der Waals surface area contributed by atoms with E-state index >= 15 is 0 Å². The molecule has 174 valence electrons. The smallest absolute Gasteiger partial charge is 0.291 e. The molecule has 4 rings (SSSR count). The summed E-state index contributed by atoms with van der Waals surface area (Å²) < 4.78 is 18.1. The first-order valence-electron chi connectivity index (χ1n) is 10.7. The van der Waals surface area contributed by atoms with Crippen molar-refractivity contribution in [2.24, 2.45) is 0 Å². The van der Waals surface area contributed by atoms with Crippen molar-refractivity contribution in [3.8, 4) is 11.5 Å². The second kappa shape index (κ2) is 10.4. The summed E-state index contributed by atoms with van der Waals surface area (Å²) in [5.41, 5.74) is 1.51. The van der Waals surface area contributed by atoms with Crippen LogP contribution in [0.4, 0.5) is 11.4 Å². The van der Waals surface area contributed by atoms with Crippen molar-refractivity contribution >= 4 is 23.2 Å². The number of nitrogens with zero attached hydrogens (tertiary/aromatic N) is 2. The van der Waals surface area contributed by atoms with Gasteiger partial charge in [0.05, 0.1) is 7.11 Å². The first-order valence-corrected chi connectivity index (χ1v) is 10.7. The Morgan fingerprint density at radius 2 is 1.68 bits per heavy atom. The van der Waals surface area contributed by atoms with Gasteiger partial charge in [-0.1, -0.05) is 12.1 Å². The standard InChI is InChI=1S/C25H24N4O5/c1-3-29-22(12-13-26-29)24(30)27-17-6-4-7-18(14-17)28-25(31)23-11-10-21(34-23)16-33-20-9-5-8-19(15-20)32-2/h4-15H,3,16H2,1-2H3,(H,27,30)(H,28,31). The number of ether oxygens (including phenoxy) is 2. The predicted molar refractivity (Wildman–Crippen MR) is 126 cm³/mol. The van der Waals surface area contributed by atoms with Gasteiger partial charge in [0.25, 0.3) is 11.8 Å². The van der Waals surface area contributed by atoms with Gasteiger partial charge in [0.2, 0.25) is 0 Å². The fourth-order valence-electron chi connectivity index (χ4n) is 3.26.